The van der Waals surface area contributed by atoms with E-state index in [9.17, 15) is 9.90 Å². The maximum atomic E-state index is 12.4. The van der Waals surface area contributed by atoms with E-state index in [1.165, 1.54) is 7.11 Å². The Morgan fingerprint density at radius 1 is 1.32 bits per heavy atom. The fourth-order valence-corrected chi connectivity index (χ4v) is 5.20. The summed E-state index contributed by atoms with van der Waals surface area (Å²) in [4.78, 5) is 26.5. The first kappa shape index (κ1) is 28.1. The zero-order chi connectivity index (χ0) is 27.3. The molecule has 2 aromatic rings. The number of aliphatic hydroxyl groups is 1. The average molecular weight is 528 g/mol. The van der Waals surface area contributed by atoms with Gasteiger partial charge in [-0.15, -0.1) is 0 Å². The predicted octanol–water partition coefficient (Wildman–Crippen LogP) is 2.66. The fourth-order valence-electron chi connectivity index (χ4n) is 5.20. The highest BCUT2D eigenvalue weighted by molar-refractivity contribution is 5.69. The number of likely N-dealkylation sites (N-methyl/N-ethyl adjacent to an activating group) is 1. The number of aromatic nitrogens is 2. The van der Waals surface area contributed by atoms with Crippen molar-refractivity contribution in [3.05, 3.63) is 35.5 Å². The summed E-state index contributed by atoms with van der Waals surface area (Å²) in [6, 6.07) is 7.69. The Morgan fingerprint density at radius 3 is 2.82 bits per heavy atom. The predicted molar refractivity (Wildman–Crippen MR) is 146 cm³/mol. The lowest BCUT2D eigenvalue weighted by Gasteiger charge is -2.46. The molecule has 0 bridgehead atoms. The minimum absolute atomic E-state index is 0.191. The van der Waals surface area contributed by atoms with Crippen LogP contribution >= 0.6 is 0 Å². The lowest BCUT2D eigenvalue weighted by Crippen LogP contribution is -2.61. The van der Waals surface area contributed by atoms with Crippen LogP contribution in [0.4, 0.5) is 10.6 Å². The standard InChI is InChI=1S/C28H41N5O5/c1-19-24(13-20-9-12-37-16-20)30-25(21-7-6-8-23(14-21)38-17-22(34)15-29-4)31-26(19)32-10-11-33(27(35)36-5)28(2,3)18-32/h6-8,14,20,22,29,34H,9-13,15-18H2,1-5H3. The third-order valence-electron chi connectivity index (χ3n) is 7.30. The van der Waals surface area contributed by atoms with Gasteiger partial charge in [0.2, 0.25) is 0 Å². The van der Waals surface area contributed by atoms with Gasteiger partial charge in [0, 0.05) is 56.2 Å². The Balaban J connectivity index is 1.66. The highest BCUT2D eigenvalue weighted by atomic mass is 16.5. The normalized spacial score (nSPS) is 19.9. The zero-order valence-electron chi connectivity index (χ0n) is 23.2. The summed E-state index contributed by atoms with van der Waals surface area (Å²) < 4.78 is 16.5. The largest absolute Gasteiger partial charge is 0.491 e. The quantitative estimate of drug-likeness (QED) is 0.509. The molecule has 2 aliphatic heterocycles. The number of carbonyl (C=O) groups is 1. The Hall–Kier alpha value is -2.95. The zero-order valence-corrected chi connectivity index (χ0v) is 23.2. The number of ether oxygens (including phenoxy) is 3. The number of methoxy groups -OCH3 is 1. The minimum Gasteiger partial charge on any atom is -0.491 e. The second-order valence-electron chi connectivity index (χ2n) is 10.8. The molecule has 0 aliphatic carbocycles. The first-order chi connectivity index (χ1) is 18.2. The molecular formula is C28H41N5O5. The molecule has 2 fully saturated rings. The molecule has 3 heterocycles. The van der Waals surface area contributed by atoms with Gasteiger partial charge < -0.3 is 29.5 Å². The molecule has 1 aromatic carbocycles. The van der Waals surface area contributed by atoms with Crippen molar-refractivity contribution in [2.45, 2.75) is 45.3 Å². The van der Waals surface area contributed by atoms with Crippen LogP contribution in [0.5, 0.6) is 5.75 Å². The number of hydrogen-bond donors (Lipinski definition) is 2. The van der Waals surface area contributed by atoms with Crippen LogP contribution in [0.2, 0.25) is 0 Å². The van der Waals surface area contributed by atoms with E-state index in [4.69, 9.17) is 24.2 Å². The lowest BCUT2D eigenvalue weighted by molar-refractivity contribution is 0.0698. The molecule has 2 N–H and O–H groups in total. The summed E-state index contributed by atoms with van der Waals surface area (Å²) in [6.45, 7) is 10.2. The number of piperazine rings is 1. The number of carbonyl (C=O) groups excluding carboxylic acids is 1. The van der Waals surface area contributed by atoms with Gasteiger partial charge in [0.1, 0.15) is 24.3 Å². The van der Waals surface area contributed by atoms with Crippen LogP contribution in [0.25, 0.3) is 11.4 Å². The van der Waals surface area contributed by atoms with Gasteiger partial charge in [0.05, 0.1) is 12.6 Å². The maximum absolute atomic E-state index is 12.4. The van der Waals surface area contributed by atoms with Crippen molar-refractivity contribution in [1.29, 1.82) is 0 Å². The van der Waals surface area contributed by atoms with E-state index in [1.807, 2.05) is 38.1 Å². The highest BCUT2D eigenvalue weighted by Crippen LogP contribution is 2.32. The van der Waals surface area contributed by atoms with Crippen LogP contribution in [0.3, 0.4) is 0 Å². The van der Waals surface area contributed by atoms with Gasteiger partial charge in [-0.25, -0.2) is 14.8 Å². The smallest absolute Gasteiger partial charge is 0.410 e. The molecule has 2 unspecified atom stereocenters. The molecule has 0 radical (unpaired) electrons. The van der Waals surface area contributed by atoms with Crippen LogP contribution in [0, 0.1) is 12.8 Å². The Morgan fingerprint density at radius 2 is 2.13 bits per heavy atom. The van der Waals surface area contributed by atoms with Crippen LogP contribution in [0.15, 0.2) is 24.3 Å². The van der Waals surface area contributed by atoms with Crippen molar-refractivity contribution >= 4 is 11.9 Å². The number of rotatable bonds is 9. The van der Waals surface area contributed by atoms with Gasteiger partial charge in [0.15, 0.2) is 5.82 Å². The molecule has 2 atom stereocenters. The van der Waals surface area contributed by atoms with E-state index >= 15 is 0 Å². The molecule has 0 spiro atoms. The first-order valence-corrected chi connectivity index (χ1v) is 13.3. The molecule has 0 saturated carbocycles. The van der Waals surface area contributed by atoms with Crippen molar-refractivity contribution in [3.8, 4) is 17.1 Å². The van der Waals surface area contributed by atoms with E-state index in [2.05, 4.69) is 17.1 Å². The SMILES string of the molecule is CNCC(O)COc1cccc(-c2nc(CC3CCOC3)c(C)c(N3CCN(C(=O)OC)C(C)(C)C3)n2)c1. The summed E-state index contributed by atoms with van der Waals surface area (Å²) in [5, 5.41) is 13.0. The minimum atomic E-state index is -0.599. The number of anilines is 1. The second kappa shape index (κ2) is 12.3. The highest BCUT2D eigenvalue weighted by Gasteiger charge is 2.38. The Bertz CT molecular complexity index is 1110. The summed E-state index contributed by atoms with van der Waals surface area (Å²) in [7, 11) is 3.21. The maximum Gasteiger partial charge on any atom is 0.410 e. The van der Waals surface area contributed by atoms with Crippen molar-refractivity contribution in [2.75, 3.05) is 65.1 Å². The molecule has 4 rings (SSSR count). The molecule has 2 aliphatic rings. The number of benzene rings is 1. The summed E-state index contributed by atoms with van der Waals surface area (Å²) in [5.41, 5.74) is 2.50. The number of hydrogen-bond acceptors (Lipinski definition) is 9. The number of aliphatic hydroxyl groups excluding tert-OH is 1. The monoisotopic (exact) mass is 527 g/mol. The van der Waals surface area contributed by atoms with Crippen molar-refractivity contribution in [2.24, 2.45) is 5.92 Å². The summed E-state index contributed by atoms with van der Waals surface area (Å²) in [5.74, 6) is 2.61. The van der Waals surface area contributed by atoms with Crippen LogP contribution in [0.1, 0.15) is 31.5 Å². The molecule has 2 saturated heterocycles. The molecule has 38 heavy (non-hydrogen) atoms. The van der Waals surface area contributed by atoms with E-state index in [-0.39, 0.29) is 12.7 Å². The van der Waals surface area contributed by atoms with Gasteiger partial charge in [-0.1, -0.05) is 12.1 Å². The summed E-state index contributed by atoms with van der Waals surface area (Å²) >= 11 is 0. The summed E-state index contributed by atoms with van der Waals surface area (Å²) in [6.07, 6.45) is 0.940. The number of nitrogens with zero attached hydrogens (tertiary/aromatic N) is 4. The molecule has 10 heteroatoms. The second-order valence-corrected chi connectivity index (χ2v) is 10.8. The van der Waals surface area contributed by atoms with Gasteiger partial charge in [-0.3, -0.25) is 4.90 Å². The molecular weight excluding hydrogens is 486 g/mol. The fraction of sp³-hybridized carbons (Fsp3) is 0.607. The van der Waals surface area contributed by atoms with E-state index in [1.54, 1.807) is 11.9 Å². The number of amides is 1. The van der Waals surface area contributed by atoms with E-state index in [0.29, 0.717) is 43.7 Å². The van der Waals surface area contributed by atoms with Crippen LogP contribution in [-0.4, -0.2) is 97.9 Å². The van der Waals surface area contributed by atoms with Crippen LogP contribution < -0.4 is 15.0 Å². The molecule has 10 nitrogen and oxygen atoms in total. The van der Waals surface area contributed by atoms with Gasteiger partial charge in [0.25, 0.3) is 0 Å². The third kappa shape index (κ3) is 6.54. The molecule has 1 amide bonds. The Kier molecular flexibility index (Phi) is 9.07. The van der Waals surface area contributed by atoms with E-state index in [0.717, 1.165) is 48.7 Å². The van der Waals surface area contributed by atoms with Crippen molar-refractivity contribution in [3.63, 3.8) is 0 Å². The topological polar surface area (TPSA) is 109 Å². The first-order valence-electron chi connectivity index (χ1n) is 13.3. The average Bonchev–Trinajstić information content (AvgIpc) is 3.41. The van der Waals surface area contributed by atoms with Gasteiger partial charge in [-0.2, -0.15) is 0 Å². The van der Waals surface area contributed by atoms with Gasteiger partial charge >= 0.3 is 6.09 Å². The van der Waals surface area contributed by atoms with Crippen molar-refractivity contribution < 1.29 is 24.1 Å². The molecule has 208 valence electrons. The van der Waals surface area contributed by atoms with Gasteiger partial charge in [-0.05, 0) is 58.7 Å². The third-order valence-corrected chi connectivity index (χ3v) is 7.30. The van der Waals surface area contributed by atoms with E-state index < -0.39 is 11.6 Å². The number of nitrogens with one attached hydrogen (secondary N) is 1. The lowest BCUT2D eigenvalue weighted by atomic mass is 9.97. The van der Waals surface area contributed by atoms with Crippen LogP contribution in [-0.2, 0) is 15.9 Å². The Labute approximate surface area is 225 Å². The van der Waals surface area contributed by atoms with Crippen molar-refractivity contribution in [1.82, 2.24) is 20.2 Å². The molecule has 1 aromatic heterocycles.